The molecule has 1 fully saturated rings. The molecule has 0 bridgehead atoms. The van der Waals surface area contributed by atoms with Gasteiger partial charge in [-0.25, -0.2) is 0 Å². The summed E-state index contributed by atoms with van der Waals surface area (Å²) in [5.74, 6) is -0.494. The van der Waals surface area contributed by atoms with E-state index in [2.05, 4.69) is 11.9 Å². The van der Waals surface area contributed by atoms with Crippen LogP contribution in [-0.2, 0) is 22.4 Å². The summed E-state index contributed by atoms with van der Waals surface area (Å²) in [5.41, 5.74) is 2.88. The van der Waals surface area contributed by atoms with Crippen LogP contribution in [0.5, 0.6) is 5.75 Å². The quantitative estimate of drug-likeness (QED) is 0.679. The zero-order valence-corrected chi connectivity index (χ0v) is 17.8. The van der Waals surface area contributed by atoms with Crippen LogP contribution in [0.3, 0.4) is 0 Å². The lowest BCUT2D eigenvalue weighted by atomic mass is 9.99. The highest BCUT2D eigenvalue weighted by Gasteiger charge is 2.43. The van der Waals surface area contributed by atoms with Gasteiger partial charge in [-0.3, -0.25) is 24.1 Å². The van der Waals surface area contributed by atoms with E-state index in [-0.39, 0.29) is 17.3 Å². The molecule has 32 heavy (non-hydrogen) atoms. The van der Waals surface area contributed by atoms with E-state index < -0.39 is 17.9 Å². The van der Waals surface area contributed by atoms with Crippen LogP contribution in [0.2, 0.25) is 0 Å². The van der Waals surface area contributed by atoms with Gasteiger partial charge in [0.2, 0.25) is 5.91 Å². The molecule has 0 aliphatic carbocycles. The number of carbonyl (C=O) groups excluding carboxylic acids is 4. The molecule has 7 nitrogen and oxygen atoms in total. The first kappa shape index (κ1) is 21.5. The Balaban J connectivity index is 1.41. The SMILES string of the molecule is C=C1CCC(N2C(=O)c3ccc(CCC(=O)Cc4ccc(OC)cc4)cc3C2=O)C(=O)N1. The fraction of sp³-hybridized carbons (Fsp3) is 0.280. The normalized spacial score (nSPS) is 17.9. The molecule has 2 heterocycles. The van der Waals surface area contributed by atoms with Crippen molar-refractivity contribution >= 4 is 23.5 Å². The van der Waals surface area contributed by atoms with Crippen LogP contribution in [0.25, 0.3) is 0 Å². The molecule has 1 N–H and O–H groups in total. The second kappa shape index (κ2) is 8.78. The van der Waals surface area contributed by atoms with Crippen LogP contribution in [0.1, 0.15) is 51.1 Å². The highest BCUT2D eigenvalue weighted by molar-refractivity contribution is 6.23. The predicted octanol–water partition coefficient (Wildman–Crippen LogP) is 2.83. The molecule has 1 atom stereocenters. The van der Waals surface area contributed by atoms with E-state index in [1.807, 2.05) is 24.3 Å². The van der Waals surface area contributed by atoms with E-state index in [0.29, 0.717) is 43.4 Å². The number of Topliss-reactive ketones (excluding diaryl/α,β-unsaturated/α-hetero) is 1. The standard InChI is InChI=1S/C25H24N2O5/c1-15-3-12-22(23(29)26-15)27-24(30)20-11-7-17(14-21(20)25(27)31)4-8-18(28)13-16-5-9-19(32-2)10-6-16/h5-7,9-11,14,22H,1,3-4,8,12-13H2,2H3,(H,26,29). The minimum Gasteiger partial charge on any atom is -0.497 e. The van der Waals surface area contributed by atoms with Crippen molar-refractivity contribution in [2.75, 3.05) is 7.11 Å². The van der Waals surface area contributed by atoms with Crippen LogP contribution in [-0.4, -0.2) is 41.6 Å². The number of ether oxygens (including phenoxy) is 1. The molecule has 2 aliphatic heterocycles. The molecule has 0 aromatic heterocycles. The van der Waals surface area contributed by atoms with E-state index in [9.17, 15) is 19.2 Å². The Bertz CT molecular complexity index is 1120. The number of methoxy groups -OCH3 is 1. The molecule has 1 saturated heterocycles. The van der Waals surface area contributed by atoms with Gasteiger partial charge in [-0.2, -0.15) is 0 Å². The lowest BCUT2D eigenvalue weighted by molar-refractivity contribution is -0.125. The van der Waals surface area contributed by atoms with Gasteiger partial charge in [0.1, 0.15) is 17.6 Å². The number of aryl methyl sites for hydroxylation is 1. The number of piperidine rings is 1. The minimum absolute atomic E-state index is 0.0822. The summed E-state index contributed by atoms with van der Waals surface area (Å²) in [6.07, 6.45) is 1.99. The van der Waals surface area contributed by atoms with Crippen molar-refractivity contribution in [3.63, 3.8) is 0 Å². The van der Waals surface area contributed by atoms with Gasteiger partial charge in [-0.05, 0) is 54.7 Å². The fourth-order valence-corrected chi connectivity index (χ4v) is 4.10. The first-order valence-corrected chi connectivity index (χ1v) is 10.5. The number of nitrogens with one attached hydrogen (secondary N) is 1. The number of hydrogen-bond acceptors (Lipinski definition) is 5. The van der Waals surface area contributed by atoms with Crippen LogP contribution < -0.4 is 10.1 Å². The Labute approximate surface area is 186 Å². The van der Waals surface area contributed by atoms with Crippen LogP contribution >= 0.6 is 0 Å². The van der Waals surface area contributed by atoms with E-state index in [4.69, 9.17) is 4.74 Å². The highest BCUT2D eigenvalue weighted by Crippen LogP contribution is 2.29. The average Bonchev–Trinajstić information content (AvgIpc) is 3.03. The first-order chi connectivity index (χ1) is 15.4. The predicted molar refractivity (Wildman–Crippen MR) is 117 cm³/mol. The summed E-state index contributed by atoms with van der Waals surface area (Å²) in [6.45, 7) is 3.73. The molecule has 2 aromatic rings. The number of fused-ring (bicyclic) bond motifs is 1. The largest absolute Gasteiger partial charge is 0.497 e. The van der Waals surface area contributed by atoms with Crippen LogP contribution in [0.4, 0.5) is 0 Å². The summed E-state index contributed by atoms with van der Waals surface area (Å²) in [7, 11) is 1.59. The molecule has 1 unspecified atom stereocenters. The Hall–Kier alpha value is -3.74. The molecule has 0 radical (unpaired) electrons. The number of ketones is 1. The maximum absolute atomic E-state index is 12.9. The third kappa shape index (κ3) is 4.19. The molecular weight excluding hydrogens is 408 g/mol. The van der Waals surface area contributed by atoms with Gasteiger partial charge in [0.15, 0.2) is 0 Å². The number of amides is 3. The minimum atomic E-state index is -0.831. The molecule has 164 valence electrons. The van der Waals surface area contributed by atoms with Gasteiger partial charge >= 0.3 is 0 Å². The van der Waals surface area contributed by atoms with Gasteiger partial charge in [0.05, 0.1) is 18.2 Å². The number of benzene rings is 2. The van der Waals surface area contributed by atoms with Crippen LogP contribution in [0, 0.1) is 0 Å². The molecule has 0 spiro atoms. The van der Waals surface area contributed by atoms with Crippen molar-refractivity contribution in [3.05, 3.63) is 77.0 Å². The molecule has 2 aromatic carbocycles. The topological polar surface area (TPSA) is 92.8 Å². The van der Waals surface area contributed by atoms with Crippen LogP contribution in [0.15, 0.2) is 54.7 Å². The van der Waals surface area contributed by atoms with E-state index in [1.54, 1.807) is 25.3 Å². The lowest BCUT2D eigenvalue weighted by Crippen LogP contribution is -2.51. The molecule has 2 aliphatic rings. The highest BCUT2D eigenvalue weighted by atomic mass is 16.5. The smallest absolute Gasteiger partial charge is 0.262 e. The van der Waals surface area contributed by atoms with Crippen molar-refractivity contribution in [1.82, 2.24) is 10.2 Å². The van der Waals surface area contributed by atoms with Gasteiger partial charge < -0.3 is 10.1 Å². The Morgan fingerprint density at radius 1 is 1.06 bits per heavy atom. The molecular formula is C25H24N2O5. The second-order valence-corrected chi connectivity index (χ2v) is 8.07. The number of nitrogens with zero attached hydrogens (tertiary/aromatic N) is 1. The number of carbonyl (C=O) groups is 4. The maximum atomic E-state index is 12.9. The summed E-state index contributed by atoms with van der Waals surface area (Å²) < 4.78 is 5.12. The van der Waals surface area contributed by atoms with Crippen molar-refractivity contribution in [3.8, 4) is 5.75 Å². The van der Waals surface area contributed by atoms with E-state index in [1.165, 1.54) is 0 Å². The maximum Gasteiger partial charge on any atom is 0.262 e. The number of imide groups is 1. The van der Waals surface area contributed by atoms with Gasteiger partial charge in [0.25, 0.3) is 11.8 Å². The third-order valence-corrected chi connectivity index (χ3v) is 5.87. The first-order valence-electron chi connectivity index (χ1n) is 10.5. The van der Waals surface area contributed by atoms with Crippen molar-refractivity contribution in [2.24, 2.45) is 0 Å². The number of rotatable bonds is 7. The average molecular weight is 432 g/mol. The summed E-state index contributed by atoms with van der Waals surface area (Å²) in [6, 6.07) is 11.6. The van der Waals surface area contributed by atoms with Crippen molar-refractivity contribution in [2.45, 2.75) is 38.1 Å². The second-order valence-electron chi connectivity index (χ2n) is 8.07. The number of allylic oxidation sites excluding steroid dienone is 1. The van der Waals surface area contributed by atoms with Crippen molar-refractivity contribution < 1.29 is 23.9 Å². The van der Waals surface area contributed by atoms with Gasteiger partial charge in [-0.15, -0.1) is 0 Å². The Kier molecular flexibility index (Phi) is 5.90. The summed E-state index contributed by atoms with van der Waals surface area (Å²) in [4.78, 5) is 51.5. The van der Waals surface area contributed by atoms with Gasteiger partial charge in [-0.1, -0.05) is 24.8 Å². The summed E-state index contributed by atoms with van der Waals surface area (Å²) >= 11 is 0. The lowest BCUT2D eigenvalue weighted by Gasteiger charge is -2.29. The van der Waals surface area contributed by atoms with E-state index >= 15 is 0 Å². The third-order valence-electron chi connectivity index (χ3n) is 5.87. The Morgan fingerprint density at radius 2 is 1.75 bits per heavy atom. The summed E-state index contributed by atoms with van der Waals surface area (Å²) in [5, 5.41) is 2.62. The zero-order chi connectivity index (χ0) is 22.8. The van der Waals surface area contributed by atoms with E-state index in [0.717, 1.165) is 21.8 Å². The van der Waals surface area contributed by atoms with Crippen molar-refractivity contribution in [1.29, 1.82) is 0 Å². The Morgan fingerprint density at radius 3 is 2.44 bits per heavy atom. The zero-order valence-electron chi connectivity index (χ0n) is 17.8. The molecule has 3 amide bonds. The molecule has 4 rings (SSSR count). The van der Waals surface area contributed by atoms with Gasteiger partial charge in [0, 0.05) is 18.5 Å². The fourth-order valence-electron chi connectivity index (χ4n) is 4.10. The molecule has 7 heteroatoms. The molecule has 0 saturated carbocycles. The monoisotopic (exact) mass is 432 g/mol. The number of hydrogen-bond donors (Lipinski definition) is 1.